The Labute approximate surface area is 178 Å². The number of fused-ring (bicyclic) bond motifs is 1. The molecule has 0 fully saturated rings. The third-order valence-electron chi connectivity index (χ3n) is 5.76. The second-order valence-electron chi connectivity index (χ2n) is 8.89. The van der Waals surface area contributed by atoms with Crippen molar-refractivity contribution in [3.63, 3.8) is 0 Å². The van der Waals surface area contributed by atoms with Crippen LogP contribution in [-0.2, 0) is 4.79 Å². The lowest BCUT2D eigenvalue weighted by Crippen LogP contribution is -2.45. The van der Waals surface area contributed by atoms with Crippen LogP contribution in [0.15, 0.2) is 65.9 Å². The number of carbonyl (C=O) groups excluding carboxylic acids is 2. The predicted octanol–water partition coefficient (Wildman–Crippen LogP) is 5.42. The molecule has 0 aromatic heterocycles. The van der Waals surface area contributed by atoms with Crippen molar-refractivity contribution in [1.29, 1.82) is 0 Å². The van der Waals surface area contributed by atoms with E-state index in [0.717, 1.165) is 35.5 Å². The average Bonchev–Trinajstić information content (AvgIpc) is 2.86. The Hall–Kier alpha value is -3.08. The fourth-order valence-corrected chi connectivity index (χ4v) is 4.48. The highest BCUT2D eigenvalue weighted by molar-refractivity contribution is 6.06. The fraction of sp³-hybridized carbons (Fsp3) is 0.360. The summed E-state index contributed by atoms with van der Waals surface area (Å²) < 4.78 is 0. The van der Waals surface area contributed by atoms with E-state index >= 15 is 0 Å². The van der Waals surface area contributed by atoms with Crippen LogP contribution in [0.2, 0.25) is 0 Å². The molecule has 2 amide bonds. The minimum atomic E-state index is -0.474. The van der Waals surface area contributed by atoms with E-state index in [1.807, 2.05) is 61.5 Å². The second-order valence-corrected chi connectivity index (χ2v) is 8.89. The molecule has 0 saturated carbocycles. The Morgan fingerprint density at radius 3 is 2.53 bits per heavy atom. The average molecular weight is 404 g/mol. The zero-order valence-corrected chi connectivity index (χ0v) is 17.9. The maximum absolute atomic E-state index is 13.5. The van der Waals surface area contributed by atoms with Crippen LogP contribution in [0.1, 0.15) is 51.6 Å². The van der Waals surface area contributed by atoms with Gasteiger partial charge in [0.2, 0.25) is 0 Å². The van der Waals surface area contributed by atoms with Gasteiger partial charge >= 0.3 is 6.03 Å². The molecule has 30 heavy (non-hydrogen) atoms. The summed E-state index contributed by atoms with van der Waals surface area (Å²) >= 11 is 0. The molecule has 5 nitrogen and oxygen atoms in total. The molecule has 2 aromatic carbocycles. The van der Waals surface area contributed by atoms with E-state index in [2.05, 4.69) is 24.5 Å². The Bertz CT molecular complexity index is 994. The number of carbonyl (C=O) groups is 2. The zero-order chi connectivity index (χ0) is 21.3. The van der Waals surface area contributed by atoms with Gasteiger partial charge in [0.25, 0.3) is 0 Å². The van der Waals surface area contributed by atoms with Crippen molar-refractivity contribution in [3.8, 4) is 0 Å². The molecule has 1 aliphatic heterocycles. The molecule has 156 valence electrons. The molecule has 0 radical (unpaired) electrons. The predicted molar refractivity (Wildman–Crippen MR) is 120 cm³/mol. The summed E-state index contributed by atoms with van der Waals surface area (Å²) in [5.41, 5.74) is 4.05. The van der Waals surface area contributed by atoms with Gasteiger partial charge in [-0.3, -0.25) is 9.69 Å². The van der Waals surface area contributed by atoms with E-state index in [1.165, 1.54) is 0 Å². The van der Waals surface area contributed by atoms with Crippen LogP contribution in [0.4, 0.5) is 16.2 Å². The number of para-hydroxylation sites is 2. The molecule has 4 rings (SSSR count). The second kappa shape index (κ2) is 7.98. The van der Waals surface area contributed by atoms with Crippen molar-refractivity contribution in [3.05, 3.63) is 71.4 Å². The Morgan fingerprint density at radius 2 is 1.80 bits per heavy atom. The SMILES string of the molecule is CCCNC(=O)N1c2ccccc2NC2=C(C(=O)CC(C)(C)C2)[C@@H]1c1ccccc1. The summed E-state index contributed by atoms with van der Waals surface area (Å²) in [5, 5.41) is 6.55. The Balaban J connectivity index is 1.95. The standard InChI is InChI=1S/C25H29N3O2/c1-4-14-26-24(30)28-20-13-9-8-12-18(20)27-19-15-25(2,3)16-21(29)22(19)23(28)17-10-6-5-7-11-17/h5-13,23,27H,4,14-16H2,1-3H3,(H,26,30)/t23-/m0/s1. The molecule has 1 atom stereocenters. The molecular weight excluding hydrogens is 374 g/mol. The highest BCUT2D eigenvalue weighted by atomic mass is 16.2. The number of allylic oxidation sites excluding steroid dienone is 1. The smallest absolute Gasteiger partial charge is 0.322 e. The van der Waals surface area contributed by atoms with Gasteiger partial charge in [0.05, 0.1) is 17.4 Å². The number of anilines is 2. The molecule has 5 heteroatoms. The summed E-state index contributed by atoms with van der Waals surface area (Å²) in [6.07, 6.45) is 2.07. The highest BCUT2D eigenvalue weighted by Gasteiger charge is 2.43. The van der Waals surface area contributed by atoms with Gasteiger partial charge in [-0.1, -0.05) is 63.2 Å². The summed E-state index contributed by atoms with van der Waals surface area (Å²) in [5.74, 6) is 0.101. The monoisotopic (exact) mass is 403 g/mol. The van der Waals surface area contributed by atoms with Crippen LogP contribution in [-0.4, -0.2) is 18.4 Å². The molecule has 2 aromatic rings. The van der Waals surface area contributed by atoms with Gasteiger partial charge < -0.3 is 10.6 Å². The summed E-state index contributed by atoms with van der Waals surface area (Å²) in [7, 11) is 0. The lowest BCUT2D eigenvalue weighted by atomic mass is 9.73. The zero-order valence-electron chi connectivity index (χ0n) is 17.9. The van der Waals surface area contributed by atoms with Crippen LogP contribution < -0.4 is 15.5 Å². The van der Waals surface area contributed by atoms with Crippen LogP contribution >= 0.6 is 0 Å². The number of Topliss-reactive ketones (excluding diaryl/α,β-unsaturated/α-hetero) is 1. The van der Waals surface area contributed by atoms with Crippen molar-refractivity contribution in [2.24, 2.45) is 5.41 Å². The molecule has 2 aliphatic rings. The van der Waals surface area contributed by atoms with Crippen LogP contribution in [0.3, 0.4) is 0 Å². The maximum Gasteiger partial charge on any atom is 0.322 e. The van der Waals surface area contributed by atoms with Gasteiger partial charge in [-0.25, -0.2) is 4.79 Å². The van der Waals surface area contributed by atoms with E-state index in [1.54, 1.807) is 4.90 Å². The number of nitrogens with one attached hydrogen (secondary N) is 2. The number of hydrogen-bond acceptors (Lipinski definition) is 3. The molecule has 0 unspecified atom stereocenters. The van der Waals surface area contributed by atoms with E-state index < -0.39 is 6.04 Å². The number of urea groups is 1. The lowest BCUT2D eigenvalue weighted by molar-refractivity contribution is -0.118. The highest BCUT2D eigenvalue weighted by Crippen LogP contribution is 2.48. The van der Waals surface area contributed by atoms with Crippen LogP contribution in [0.5, 0.6) is 0 Å². The first kappa shape index (κ1) is 20.2. The molecule has 1 heterocycles. The number of amides is 2. The van der Waals surface area contributed by atoms with Gasteiger partial charge in [0, 0.05) is 24.2 Å². The third kappa shape index (κ3) is 3.72. The van der Waals surface area contributed by atoms with Crippen LogP contribution in [0.25, 0.3) is 0 Å². The minimum Gasteiger partial charge on any atom is -0.357 e. The number of hydrogen-bond donors (Lipinski definition) is 2. The number of nitrogens with zero attached hydrogens (tertiary/aromatic N) is 1. The van der Waals surface area contributed by atoms with Gasteiger partial charge in [-0.15, -0.1) is 0 Å². The normalized spacial score (nSPS) is 20.0. The largest absolute Gasteiger partial charge is 0.357 e. The van der Waals surface area contributed by atoms with E-state index in [-0.39, 0.29) is 17.2 Å². The Morgan fingerprint density at radius 1 is 1.10 bits per heavy atom. The fourth-order valence-electron chi connectivity index (χ4n) is 4.48. The van der Waals surface area contributed by atoms with Crippen LogP contribution in [0, 0.1) is 5.41 Å². The summed E-state index contributed by atoms with van der Waals surface area (Å²) in [6.45, 7) is 6.85. The summed E-state index contributed by atoms with van der Waals surface area (Å²) in [4.78, 5) is 28.6. The van der Waals surface area contributed by atoms with E-state index in [9.17, 15) is 9.59 Å². The molecule has 0 saturated heterocycles. The third-order valence-corrected chi connectivity index (χ3v) is 5.76. The van der Waals surface area contributed by atoms with Crippen molar-refractivity contribution >= 4 is 23.2 Å². The van der Waals surface area contributed by atoms with E-state index in [0.29, 0.717) is 18.5 Å². The first-order valence-electron chi connectivity index (χ1n) is 10.7. The first-order valence-corrected chi connectivity index (χ1v) is 10.7. The summed E-state index contributed by atoms with van der Waals surface area (Å²) in [6, 6.07) is 17.0. The molecule has 0 bridgehead atoms. The number of rotatable bonds is 3. The quantitative estimate of drug-likeness (QED) is 0.719. The van der Waals surface area contributed by atoms with Gasteiger partial charge in [0.15, 0.2) is 5.78 Å². The maximum atomic E-state index is 13.5. The topological polar surface area (TPSA) is 61.4 Å². The minimum absolute atomic E-state index is 0.101. The van der Waals surface area contributed by atoms with Crippen molar-refractivity contribution < 1.29 is 9.59 Å². The van der Waals surface area contributed by atoms with Gasteiger partial charge in [0.1, 0.15) is 0 Å². The molecular formula is C25H29N3O2. The molecule has 0 spiro atoms. The lowest BCUT2D eigenvalue weighted by Gasteiger charge is -2.37. The van der Waals surface area contributed by atoms with E-state index in [4.69, 9.17) is 0 Å². The molecule has 2 N–H and O–H groups in total. The Kier molecular flexibility index (Phi) is 5.37. The van der Waals surface area contributed by atoms with Gasteiger partial charge in [-0.05, 0) is 36.0 Å². The first-order chi connectivity index (χ1) is 14.4. The van der Waals surface area contributed by atoms with Crippen molar-refractivity contribution in [1.82, 2.24) is 5.32 Å². The number of benzene rings is 2. The van der Waals surface area contributed by atoms with Gasteiger partial charge in [-0.2, -0.15) is 0 Å². The number of ketones is 1. The molecule has 1 aliphatic carbocycles. The van der Waals surface area contributed by atoms with Crippen molar-refractivity contribution in [2.45, 2.75) is 46.1 Å². The van der Waals surface area contributed by atoms with Crippen molar-refractivity contribution in [2.75, 3.05) is 16.8 Å².